The number of aryl methyl sites for hydroxylation is 1. The summed E-state index contributed by atoms with van der Waals surface area (Å²) in [5, 5.41) is 13.3. The SMILES string of the molecule is Cc1cc2nnnn2cc1-c1[nH]c2ccc(C3CCN(C4COC4)CC3)cc2c1C(C)C. The molecule has 7 nitrogen and oxygen atoms in total. The largest absolute Gasteiger partial charge is 0.378 e. The molecule has 3 aromatic heterocycles. The summed E-state index contributed by atoms with van der Waals surface area (Å²) in [4.78, 5) is 6.34. The number of rotatable bonds is 4. The summed E-state index contributed by atoms with van der Waals surface area (Å²) in [6, 6.07) is 9.76. The summed E-state index contributed by atoms with van der Waals surface area (Å²) in [6.07, 6.45) is 4.50. The van der Waals surface area contributed by atoms with E-state index in [-0.39, 0.29) is 0 Å². The molecule has 1 N–H and O–H groups in total. The second-order valence-corrected chi connectivity index (χ2v) is 9.73. The van der Waals surface area contributed by atoms with Crippen LogP contribution in [-0.4, -0.2) is 62.3 Å². The van der Waals surface area contributed by atoms with Gasteiger partial charge in [0.15, 0.2) is 5.65 Å². The Labute approximate surface area is 187 Å². The Bertz CT molecular complexity index is 1280. The van der Waals surface area contributed by atoms with E-state index in [4.69, 9.17) is 4.74 Å². The highest BCUT2D eigenvalue weighted by molar-refractivity contribution is 5.92. The van der Waals surface area contributed by atoms with Gasteiger partial charge in [0, 0.05) is 22.7 Å². The molecule has 166 valence electrons. The van der Waals surface area contributed by atoms with Crippen molar-refractivity contribution in [2.24, 2.45) is 0 Å². The molecule has 0 atom stereocenters. The highest BCUT2D eigenvalue weighted by atomic mass is 16.5. The van der Waals surface area contributed by atoms with Gasteiger partial charge in [0.1, 0.15) is 0 Å². The maximum absolute atomic E-state index is 5.39. The molecule has 0 bridgehead atoms. The number of aromatic amines is 1. The van der Waals surface area contributed by atoms with E-state index >= 15 is 0 Å². The fraction of sp³-hybridized carbons (Fsp3) is 0.480. The van der Waals surface area contributed by atoms with Crippen molar-refractivity contribution in [1.29, 1.82) is 0 Å². The molecule has 1 aromatic carbocycles. The van der Waals surface area contributed by atoms with Crippen molar-refractivity contribution in [3.63, 3.8) is 0 Å². The molecule has 5 heterocycles. The zero-order valence-electron chi connectivity index (χ0n) is 19.0. The maximum Gasteiger partial charge on any atom is 0.179 e. The zero-order chi connectivity index (χ0) is 21.8. The van der Waals surface area contributed by atoms with Crippen molar-refractivity contribution in [3.8, 4) is 11.3 Å². The van der Waals surface area contributed by atoms with Crippen LogP contribution in [0.2, 0.25) is 0 Å². The summed E-state index contributed by atoms with van der Waals surface area (Å²) >= 11 is 0. The number of benzene rings is 1. The fourth-order valence-corrected chi connectivity index (χ4v) is 5.47. The van der Waals surface area contributed by atoms with Crippen LogP contribution in [-0.2, 0) is 4.74 Å². The van der Waals surface area contributed by atoms with Gasteiger partial charge in [-0.05, 0) is 90.0 Å². The van der Waals surface area contributed by atoms with Crippen LogP contribution in [0.4, 0.5) is 0 Å². The van der Waals surface area contributed by atoms with Gasteiger partial charge in [0.05, 0.1) is 24.9 Å². The second kappa shape index (κ2) is 7.67. The summed E-state index contributed by atoms with van der Waals surface area (Å²) in [6.45, 7) is 10.9. The van der Waals surface area contributed by atoms with E-state index < -0.39 is 0 Å². The first-order chi connectivity index (χ1) is 15.6. The lowest BCUT2D eigenvalue weighted by atomic mass is 9.87. The Kier molecular flexibility index (Phi) is 4.77. The number of ether oxygens (including phenoxy) is 1. The van der Waals surface area contributed by atoms with Gasteiger partial charge in [-0.3, -0.25) is 4.90 Å². The molecule has 7 heteroatoms. The summed E-state index contributed by atoms with van der Waals surface area (Å²) in [5.74, 6) is 1.03. The number of likely N-dealkylation sites (tertiary alicyclic amines) is 1. The van der Waals surface area contributed by atoms with Crippen LogP contribution >= 0.6 is 0 Å². The molecule has 2 aliphatic heterocycles. The third-order valence-electron chi connectivity index (χ3n) is 7.39. The van der Waals surface area contributed by atoms with Crippen molar-refractivity contribution < 1.29 is 4.74 Å². The third kappa shape index (κ3) is 3.22. The molecule has 0 radical (unpaired) electrons. The first-order valence-corrected chi connectivity index (χ1v) is 11.7. The minimum atomic E-state index is 0.401. The molecule has 0 aliphatic carbocycles. The second-order valence-electron chi connectivity index (χ2n) is 9.73. The first-order valence-electron chi connectivity index (χ1n) is 11.7. The molecular formula is C25H30N6O. The van der Waals surface area contributed by atoms with Crippen molar-refractivity contribution in [2.75, 3.05) is 26.3 Å². The number of hydrogen-bond donors (Lipinski definition) is 1. The Hall–Kier alpha value is -2.77. The number of pyridine rings is 1. The smallest absolute Gasteiger partial charge is 0.179 e. The van der Waals surface area contributed by atoms with Crippen molar-refractivity contribution >= 4 is 16.6 Å². The van der Waals surface area contributed by atoms with Crippen LogP contribution in [0, 0.1) is 6.92 Å². The molecule has 32 heavy (non-hydrogen) atoms. The van der Waals surface area contributed by atoms with E-state index in [2.05, 4.69) is 70.4 Å². The lowest BCUT2D eigenvalue weighted by Gasteiger charge is -2.41. The number of fused-ring (bicyclic) bond motifs is 2. The minimum absolute atomic E-state index is 0.401. The van der Waals surface area contributed by atoms with E-state index in [9.17, 15) is 0 Å². The maximum atomic E-state index is 5.39. The molecule has 2 saturated heterocycles. The molecule has 6 rings (SSSR count). The average molecular weight is 431 g/mol. The van der Waals surface area contributed by atoms with Crippen molar-refractivity contribution in [3.05, 3.63) is 47.2 Å². The van der Waals surface area contributed by atoms with Gasteiger partial charge in [-0.2, -0.15) is 4.52 Å². The van der Waals surface area contributed by atoms with Gasteiger partial charge >= 0.3 is 0 Å². The molecule has 0 amide bonds. The lowest BCUT2D eigenvalue weighted by molar-refractivity contribution is -0.0712. The Morgan fingerprint density at radius 2 is 1.94 bits per heavy atom. The van der Waals surface area contributed by atoms with Crippen molar-refractivity contribution in [2.45, 2.75) is 51.5 Å². The van der Waals surface area contributed by atoms with Gasteiger partial charge in [-0.1, -0.05) is 19.9 Å². The molecule has 0 saturated carbocycles. The zero-order valence-corrected chi connectivity index (χ0v) is 19.0. The van der Waals surface area contributed by atoms with Gasteiger partial charge in [-0.15, -0.1) is 5.10 Å². The number of aromatic nitrogens is 5. The molecule has 0 unspecified atom stereocenters. The van der Waals surface area contributed by atoms with Crippen molar-refractivity contribution in [1.82, 2.24) is 29.9 Å². The quantitative estimate of drug-likeness (QED) is 0.523. The van der Waals surface area contributed by atoms with E-state index in [0.29, 0.717) is 17.9 Å². The van der Waals surface area contributed by atoms with E-state index in [1.54, 1.807) is 4.52 Å². The number of nitrogens with one attached hydrogen (secondary N) is 1. The van der Waals surface area contributed by atoms with E-state index in [1.807, 2.05) is 6.20 Å². The van der Waals surface area contributed by atoms with Crippen LogP contribution in [0.25, 0.3) is 27.8 Å². The first kappa shape index (κ1) is 19.9. The monoisotopic (exact) mass is 430 g/mol. The van der Waals surface area contributed by atoms with Gasteiger partial charge in [-0.25, -0.2) is 0 Å². The van der Waals surface area contributed by atoms with Gasteiger partial charge in [0.25, 0.3) is 0 Å². The number of nitrogens with zero attached hydrogens (tertiary/aromatic N) is 5. The molecule has 0 spiro atoms. The average Bonchev–Trinajstić information content (AvgIpc) is 3.35. The summed E-state index contributed by atoms with van der Waals surface area (Å²) < 4.78 is 7.15. The number of tetrazole rings is 1. The molecule has 4 aromatic rings. The molecular weight excluding hydrogens is 400 g/mol. The molecule has 2 aliphatic rings. The van der Waals surface area contributed by atoms with Gasteiger partial charge in [0.2, 0.25) is 0 Å². The third-order valence-corrected chi connectivity index (χ3v) is 7.39. The lowest BCUT2D eigenvalue weighted by Crippen LogP contribution is -2.51. The van der Waals surface area contributed by atoms with Crippen LogP contribution in [0.3, 0.4) is 0 Å². The minimum Gasteiger partial charge on any atom is -0.378 e. The van der Waals surface area contributed by atoms with Crippen LogP contribution in [0.15, 0.2) is 30.5 Å². The fourth-order valence-electron chi connectivity index (χ4n) is 5.47. The normalized spacial score (nSPS) is 18.8. The predicted octanol–water partition coefficient (Wildman–Crippen LogP) is 4.28. The topological polar surface area (TPSA) is 71.3 Å². The number of piperidine rings is 1. The Morgan fingerprint density at radius 1 is 1.12 bits per heavy atom. The Balaban J connectivity index is 1.38. The number of H-pyrrole nitrogens is 1. The van der Waals surface area contributed by atoms with Crippen LogP contribution in [0.5, 0.6) is 0 Å². The highest BCUT2D eigenvalue weighted by Crippen LogP contribution is 2.39. The predicted molar refractivity (Wildman–Crippen MR) is 125 cm³/mol. The van der Waals surface area contributed by atoms with E-state index in [0.717, 1.165) is 24.4 Å². The van der Waals surface area contributed by atoms with E-state index in [1.165, 1.54) is 59.2 Å². The molecule has 2 fully saturated rings. The van der Waals surface area contributed by atoms with Crippen LogP contribution < -0.4 is 0 Å². The van der Waals surface area contributed by atoms with Crippen LogP contribution in [0.1, 0.15) is 55.2 Å². The van der Waals surface area contributed by atoms with Gasteiger partial charge < -0.3 is 9.72 Å². The summed E-state index contributed by atoms with van der Waals surface area (Å²) in [5.41, 5.74) is 8.34. The highest BCUT2D eigenvalue weighted by Gasteiger charge is 2.30. The Morgan fingerprint density at radius 3 is 2.66 bits per heavy atom. The standard InChI is InChI=1S/C25H30N6O/c1-15(2)24-20-11-18(17-6-8-30(9-7-17)19-13-32-14-19)4-5-22(20)26-25(24)21-12-31-23(10-16(21)3)27-28-29-31/h4-5,10-12,15,17,19,26H,6-9,13-14H2,1-3H3. The number of hydrogen-bond acceptors (Lipinski definition) is 5. The summed E-state index contributed by atoms with van der Waals surface area (Å²) in [7, 11) is 0.